The number of rotatable bonds is 5. The molecule has 0 bridgehead atoms. The second-order valence-corrected chi connectivity index (χ2v) is 7.38. The van der Waals surface area contributed by atoms with Crippen LogP contribution in [-0.2, 0) is 0 Å². The molecule has 116 valence electrons. The number of hydrogen-bond acceptors (Lipinski definition) is 2. The number of benzene rings is 1. The number of nitrogens with one attached hydrogen (secondary N) is 1. The topological polar surface area (TPSA) is 21.3 Å². The van der Waals surface area contributed by atoms with Crippen molar-refractivity contribution in [2.75, 3.05) is 6.54 Å². The first-order valence-corrected chi connectivity index (χ1v) is 8.69. The van der Waals surface area contributed by atoms with Crippen molar-refractivity contribution in [2.24, 2.45) is 5.92 Å². The highest BCUT2D eigenvalue weighted by Crippen LogP contribution is 2.45. The van der Waals surface area contributed by atoms with Gasteiger partial charge < -0.3 is 10.1 Å². The minimum absolute atomic E-state index is 0.0443. The molecule has 21 heavy (non-hydrogen) atoms. The highest BCUT2D eigenvalue weighted by molar-refractivity contribution is 6.30. The molecule has 2 atom stereocenters. The predicted octanol–water partition coefficient (Wildman–Crippen LogP) is 5.11. The van der Waals surface area contributed by atoms with Crippen LogP contribution < -0.4 is 10.1 Å². The molecular formula is C18H26ClNO. The normalized spacial score (nSPS) is 28.6. The Morgan fingerprint density at radius 3 is 2.86 bits per heavy atom. The summed E-state index contributed by atoms with van der Waals surface area (Å²) in [4.78, 5) is 0. The van der Waals surface area contributed by atoms with Crippen molar-refractivity contribution in [3.05, 3.63) is 28.8 Å². The van der Waals surface area contributed by atoms with Crippen molar-refractivity contribution in [2.45, 2.75) is 64.0 Å². The largest absolute Gasteiger partial charge is 0.487 e. The van der Waals surface area contributed by atoms with Crippen LogP contribution >= 0.6 is 11.6 Å². The molecule has 0 spiro atoms. The minimum Gasteiger partial charge on any atom is -0.487 e. The van der Waals surface area contributed by atoms with Crippen LogP contribution in [-0.4, -0.2) is 12.1 Å². The van der Waals surface area contributed by atoms with Gasteiger partial charge in [0.1, 0.15) is 11.4 Å². The molecule has 0 amide bonds. The van der Waals surface area contributed by atoms with Gasteiger partial charge in [0.05, 0.1) is 0 Å². The van der Waals surface area contributed by atoms with Gasteiger partial charge in [-0.1, -0.05) is 37.8 Å². The first-order valence-electron chi connectivity index (χ1n) is 8.31. The van der Waals surface area contributed by atoms with Crippen LogP contribution in [0.5, 0.6) is 5.75 Å². The summed E-state index contributed by atoms with van der Waals surface area (Å²) in [5.41, 5.74) is 1.18. The summed E-state index contributed by atoms with van der Waals surface area (Å²) in [6.07, 6.45) is 7.51. The molecule has 0 saturated heterocycles. The van der Waals surface area contributed by atoms with E-state index in [9.17, 15) is 0 Å². The molecule has 3 rings (SSSR count). The van der Waals surface area contributed by atoms with Gasteiger partial charge in [-0.05, 0) is 50.4 Å². The average Bonchev–Trinajstić information content (AvgIpc) is 2.41. The number of fused-ring (bicyclic) bond motifs is 1. The van der Waals surface area contributed by atoms with Gasteiger partial charge in [-0.2, -0.15) is 0 Å². The molecule has 2 nitrogen and oxygen atoms in total. The average molecular weight is 308 g/mol. The molecule has 2 aliphatic rings. The summed E-state index contributed by atoms with van der Waals surface area (Å²) in [6, 6.07) is 6.40. The van der Waals surface area contributed by atoms with E-state index in [0.717, 1.165) is 36.1 Å². The third-order valence-electron chi connectivity index (χ3n) is 4.93. The number of ether oxygens (including phenoxy) is 1. The Bertz CT molecular complexity index is 500. The van der Waals surface area contributed by atoms with Crippen LogP contribution in [0.25, 0.3) is 0 Å². The first kappa shape index (κ1) is 15.2. The Kier molecular flexibility index (Phi) is 4.46. The maximum Gasteiger partial charge on any atom is 0.125 e. The second-order valence-electron chi connectivity index (χ2n) is 6.95. The van der Waals surface area contributed by atoms with Crippen LogP contribution in [0.1, 0.15) is 64.0 Å². The van der Waals surface area contributed by atoms with E-state index in [-0.39, 0.29) is 5.60 Å². The zero-order chi connectivity index (χ0) is 14.9. The third-order valence-corrected chi connectivity index (χ3v) is 5.16. The Balaban J connectivity index is 1.82. The van der Waals surface area contributed by atoms with Crippen molar-refractivity contribution < 1.29 is 4.74 Å². The summed E-state index contributed by atoms with van der Waals surface area (Å²) in [6.45, 7) is 5.53. The predicted molar refractivity (Wildman–Crippen MR) is 88.1 cm³/mol. The van der Waals surface area contributed by atoms with Gasteiger partial charge in [0.15, 0.2) is 0 Å². The van der Waals surface area contributed by atoms with Crippen molar-refractivity contribution in [3.8, 4) is 5.75 Å². The Hall–Kier alpha value is -0.730. The summed E-state index contributed by atoms with van der Waals surface area (Å²) < 4.78 is 6.39. The fourth-order valence-electron chi connectivity index (χ4n) is 3.67. The van der Waals surface area contributed by atoms with Gasteiger partial charge >= 0.3 is 0 Å². The van der Waals surface area contributed by atoms with E-state index in [1.54, 1.807) is 0 Å². The lowest BCUT2D eigenvalue weighted by Crippen LogP contribution is -2.44. The fourth-order valence-corrected chi connectivity index (χ4v) is 3.85. The lowest BCUT2D eigenvalue weighted by atomic mass is 9.74. The van der Waals surface area contributed by atoms with Gasteiger partial charge in [-0.3, -0.25) is 0 Å². The highest BCUT2D eigenvalue weighted by atomic mass is 35.5. The van der Waals surface area contributed by atoms with Crippen LogP contribution in [0.2, 0.25) is 5.02 Å². The molecule has 1 N–H and O–H groups in total. The molecule has 1 fully saturated rings. The number of hydrogen-bond donors (Lipinski definition) is 1. The molecule has 0 aromatic heterocycles. The molecular weight excluding hydrogens is 282 g/mol. The van der Waals surface area contributed by atoms with Crippen molar-refractivity contribution in [1.29, 1.82) is 0 Å². The number of halogens is 1. The second kappa shape index (κ2) is 6.18. The van der Waals surface area contributed by atoms with E-state index in [0.29, 0.717) is 6.04 Å². The van der Waals surface area contributed by atoms with Crippen LogP contribution in [0, 0.1) is 5.92 Å². The van der Waals surface area contributed by atoms with E-state index in [2.05, 4.69) is 25.2 Å². The van der Waals surface area contributed by atoms with E-state index in [4.69, 9.17) is 16.3 Å². The molecule has 3 heteroatoms. The summed E-state index contributed by atoms with van der Waals surface area (Å²) in [7, 11) is 0. The Labute approximate surface area is 133 Å². The smallest absolute Gasteiger partial charge is 0.125 e. The third kappa shape index (κ3) is 3.37. The molecule has 0 radical (unpaired) electrons. The quantitative estimate of drug-likeness (QED) is 0.816. The van der Waals surface area contributed by atoms with Crippen molar-refractivity contribution in [1.82, 2.24) is 5.32 Å². The zero-order valence-corrected chi connectivity index (χ0v) is 13.9. The van der Waals surface area contributed by atoms with Gasteiger partial charge in [0.25, 0.3) is 0 Å². The van der Waals surface area contributed by atoms with Crippen LogP contribution in [0.3, 0.4) is 0 Å². The molecule has 1 aliphatic carbocycles. The van der Waals surface area contributed by atoms with Crippen molar-refractivity contribution >= 4 is 11.6 Å². The Morgan fingerprint density at radius 1 is 1.38 bits per heavy atom. The zero-order valence-electron chi connectivity index (χ0n) is 13.1. The van der Waals surface area contributed by atoms with E-state index >= 15 is 0 Å². The Morgan fingerprint density at radius 2 is 2.19 bits per heavy atom. The first-order chi connectivity index (χ1) is 10.1. The standard InChI is InChI=1S/C18H26ClNO/c1-3-9-20-16-12-18(2,11-13-5-4-6-13)21-17-8-7-14(19)10-15(16)17/h7-8,10,13,16,20H,3-6,9,11-12H2,1-2H3. The van der Waals surface area contributed by atoms with Gasteiger partial charge in [-0.15, -0.1) is 0 Å². The van der Waals surface area contributed by atoms with E-state index < -0.39 is 0 Å². The summed E-state index contributed by atoms with van der Waals surface area (Å²) in [5, 5.41) is 4.48. The van der Waals surface area contributed by atoms with Crippen molar-refractivity contribution in [3.63, 3.8) is 0 Å². The molecule has 1 aliphatic heterocycles. The molecule has 2 unspecified atom stereocenters. The lowest BCUT2D eigenvalue weighted by Gasteiger charge is -2.43. The van der Waals surface area contributed by atoms with Gasteiger partial charge in [-0.25, -0.2) is 0 Å². The lowest BCUT2D eigenvalue weighted by molar-refractivity contribution is 0.0125. The van der Waals surface area contributed by atoms with Crippen LogP contribution in [0.4, 0.5) is 0 Å². The van der Waals surface area contributed by atoms with E-state index in [1.807, 2.05) is 12.1 Å². The fraction of sp³-hybridized carbons (Fsp3) is 0.667. The highest BCUT2D eigenvalue weighted by Gasteiger charge is 2.39. The summed E-state index contributed by atoms with van der Waals surface area (Å²) in [5.74, 6) is 1.87. The van der Waals surface area contributed by atoms with Gasteiger partial charge in [0.2, 0.25) is 0 Å². The monoisotopic (exact) mass is 307 g/mol. The molecule has 1 saturated carbocycles. The molecule has 1 aromatic rings. The van der Waals surface area contributed by atoms with Crippen LogP contribution in [0.15, 0.2) is 18.2 Å². The SMILES string of the molecule is CCCNC1CC(C)(CC2CCC2)Oc2ccc(Cl)cc21. The van der Waals surface area contributed by atoms with Gasteiger partial charge in [0, 0.05) is 23.0 Å². The molecule has 1 aromatic carbocycles. The molecule has 1 heterocycles. The maximum atomic E-state index is 6.39. The summed E-state index contributed by atoms with van der Waals surface area (Å²) >= 11 is 6.18. The minimum atomic E-state index is -0.0443. The maximum absolute atomic E-state index is 6.39. The van der Waals surface area contributed by atoms with E-state index in [1.165, 1.54) is 31.2 Å².